The van der Waals surface area contributed by atoms with Gasteiger partial charge in [0.15, 0.2) is 0 Å². The zero-order valence-corrected chi connectivity index (χ0v) is 14.5. The Kier molecular flexibility index (Phi) is 4.40. The number of fused-ring (bicyclic) bond motifs is 1. The van der Waals surface area contributed by atoms with Crippen molar-refractivity contribution in [3.63, 3.8) is 0 Å². The summed E-state index contributed by atoms with van der Waals surface area (Å²) in [6.45, 7) is 6.00. The van der Waals surface area contributed by atoms with Gasteiger partial charge in [-0.2, -0.15) is 0 Å². The van der Waals surface area contributed by atoms with E-state index in [9.17, 15) is 4.39 Å². The predicted octanol–water partition coefficient (Wildman–Crippen LogP) is 4.60. The average Bonchev–Trinajstić information content (AvgIpc) is 3.20. The standard InChI is InChI=1S/C22H20FN3/c1-17(25-12-10-19-4-2-3-5-20(19)15-25)6-7-18-8-9-22(21(23)14-18)26-13-11-24-16-26/h2-9,11,13-14,16H,1,10,12,15H2/b7-6+. The first-order valence-corrected chi connectivity index (χ1v) is 8.67. The number of hydrogen-bond acceptors (Lipinski definition) is 2. The molecule has 0 bridgehead atoms. The van der Waals surface area contributed by atoms with Crippen molar-refractivity contribution in [3.05, 3.63) is 102 Å². The second-order valence-electron chi connectivity index (χ2n) is 6.45. The molecule has 0 spiro atoms. The molecule has 0 saturated carbocycles. The molecule has 0 aliphatic carbocycles. The lowest BCUT2D eigenvalue weighted by Gasteiger charge is -2.31. The molecule has 2 aromatic carbocycles. The van der Waals surface area contributed by atoms with Crippen LogP contribution in [0.25, 0.3) is 11.8 Å². The van der Waals surface area contributed by atoms with Gasteiger partial charge in [0.25, 0.3) is 0 Å². The Bertz CT molecular complexity index is 957. The smallest absolute Gasteiger partial charge is 0.147 e. The molecule has 3 aromatic rings. The molecule has 130 valence electrons. The van der Waals surface area contributed by atoms with Crippen LogP contribution in [-0.4, -0.2) is 21.0 Å². The number of imidazole rings is 1. The molecule has 2 heterocycles. The SMILES string of the molecule is C=C(/C=C/c1ccc(-n2ccnc2)c(F)c1)N1CCc2ccccc2C1. The Morgan fingerprint density at radius 3 is 2.77 bits per heavy atom. The maximum atomic E-state index is 14.3. The third-order valence-corrected chi connectivity index (χ3v) is 4.76. The molecule has 4 rings (SSSR count). The quantitative estimate of drug-likeness (QED) is 0.645. The Morgan fingerprint density at radius 1 is 1.15 bits per heavy atom. The number of halogens is 1. The van der Waals surface area contributed by atoms with Gasteiger partial charge in [-0.3, -0.25) is 0 Å². The normalized spacial score (nSPS) is 13.8. The summed E-state index contributed by atoms with van der Waals surface area (Å²) in [7, 11) is 0. The number of allylic oxidation sites excluding steroid dienone is 1. The molecule has 1 aliphatic rings. The first-order chi connectivity index (χ1) is 12.7. The minimum Gasteiger partial charge on any atom is -0.367 e. The largest absolute Gasteiger partial charge is 0.367 e. The molecule has 1 aliphatic heterocycles. The molecule has 1 aromatic heterocycles. The van der Waals surface area contributed by atoms with E-state index in [0.717, 1.165) is 30.8 Å². The summed E-state index contributed by atoms with van der Waals surface area (Å²) in [6.07, 6.45) is 9.84. The molecule has 0 N–H and O–H groups in total. The fraction of sp³-hybridized carbons (Fsp3) is 0.136. The van der Waals surface area contributed by atoms with Crippen molar-refractivity contribution in [1.82, 2.24) is 14.5 Å². The molecule has 0 radical (unpaired) electrons. The van der Waals surface area contributed by atoms with Crippen LogP contribution in [-0.2, 0) is 13.0 Å². The molecular formula is C22H20FN3. The number of hydrogen-bond donors (Lipinski definition) is 0. The van der Waals surface area contributed by atoms with Gasteiger partial charge < -0.3 is 9.47 Å². The monoisotopic (exact) mass is 345 g/mol. The average molecular weight is 345 g/mol. The van der Waals surface area contributed by atoms with Gasteiger partial charge in [-0.05, 0) is 41.3 Å². The van der Waals surface area contributed by atoms with E-state index in [2.05, 4.69) is 40.7 Å². The van der Waals surface area contributed by atoms with E-state index in [-0.39, 0.29) is 5.82 Å². The van der Waals surface area contributed by atoms with Crippen molar-refractivity contribution < 1.29 is 4.39 Å². The van der Waals surface area contributed by atoms with Crippen LogP contribution in [0.2, 0.25) is 0 Å². The summed E-state index contributed by atoms with van der Waals surface area (Å²) >= 11 is 0. The van der Waals surface area contributed by atoms with Gasteiger partial charge in [-0.15, -0.1) is 0 Å². The Morgan fingerprint density at radius 2 is 2.00 bits per heavy atom. The van der Waals surface area contributed by atoms with Gasteiger partial charge in [0, 0.05) is 31.2 Å². The lowest BCUT2D eigenvalue weighted by molar-refractivity contribution is 0.334. The lowest BCUT2D eigenvalue weighted by atomic mass is 9.99. The highest BCUT2D eigenvalue weighted by molar-refractivity contribution is 5.55. The van der Waals surface area contributed by atoms with Crippen molar-refractivity contribution >= 4 is 6.08 Å². The highest BCUT2D eigenvalue weighted by atomic mass is 19.1. The summed E-state index contributed by atoms with van der Waals surface area (Å²) < 4.78 is 16.0. The molecule has 0 unspecified atom stereocenters. The minimum atomic E-state index is -0.275. The minimum absolute atomic E-state index is 0.275. The van der Waals surface area contributed by atoms with Crippen LogP contribution >= 0.6 is 0 Å². The van der Waals surface area contributed by atoms with Crippen LogP contribution in [0, 0.1) is 5.82 Å². The van der Waals surface area contributed by atoms with Crippen LogP contribution in [0.5, 0.6) is 0 Å². The summed E-state index contributed by atoms with van der Waals surface area (Å²) in [4.78, 5) is 6.21. The third kappa shape index (κ3) is 3.31. The lowest BCUT2D eigenvalue weighted by Crippen LogP contribution is -2.28. The van der Waals surface area contributed by atoms with Crippen LogP contribution in [0.15, 0.2) is 79.5 Å². The van der Waals surface area contributed by atoms with Gasteiger partial charge in [0.2, 0.25) is 0 Å². The first-order valence-electron chi connectivity index (χ1n) is 8.67. The van der Waals surface area contributed by atoms with Crippen molar-refractivity contribution in [1.29, 1.82) is 0 Å². The van der Waals surface area contributed by atoms with Gasteiger partial charge in [-0.1, -0.05) is 43.0 Å². The van der Waals surface area contributed by atoms with Crippen LogP contribution in [0.1, 0.15) is 16.7 Å². The number of aromatic nitrogens is 2. The van der Waals surface area contributed by atoms with Crippen molar-refractivity contribution in [2.45, 2.75) is 13.0 Å². The summed E-state index contributed by atoms with van der Waals surface area (Å²) in [5.74, 6) is -0.275. The third-order valence-electron chi connectivity index (χ3n) is 4.76. The molecule has 3 nitrogen and oxygen atoms in total. The van der Waals surface area contributed by atoms with Crippen molar-refractivity contribution in [3.8, 4) is 5.69 Å². The predicted molar refractivity (Wildman–Crippen MR) is 102 cm³/mol. The van der Waals surface area contributed by atoms with Crippen molar-refractivity contribution in [2.75, 3.05) is 6.54 Å². The number of rotatable bonds is 4. The van der Waals surface area contributed by atoms with Crippen LogP contribution in [0.3, 0.4) is 0 Å². The maximum Gasteiger partial charge on any atom is 0.147 e. The van der Waals surface area contributed by atoms with E-state index >= 15 is 0 Å². The van der Waals surface area contributed by atoms with Gasteiger partial charge in [0.05, 0.1) is 12.0 Å². The zero-order chi connectivity index (χ0) is 17.9. The molecule has 0 atom stereocenters. The van der Waals surface area contributed by atoms with E-state index in [1.807, 2.05) is 18.2 Å². The Balaban J connectivity index is 1.46. The van der Waals surface area contributed by atoms with Crippen LogP contribution in [0.4, 0.5) is 4.39 Å². The summed E-state index contributed by atoms with van der Waals surface area (Å²) in [5.41, 5.74) is 5.01. The van der Waals surface area contributed by atoms with E-state index in [0.29, 0.717) is 5.69 Å². The maximum absolute atomic E-state index is 14.3. The van der Waals surface area contributed by atoms with Gasteiger partial charge in [-0.25, -0.2) is 9.37 Å². The second kappa shape index (κ2) is 7.00. The second-order valence-corrected chi connectivity index (χ2v) is 6.45. The first kappa shape index (κ1) is 16.3. The van der Waals surface area contributed by atoms with E-state index in [4.69, 9.17) is 0 Å². The van der Waals surface area contributed by atoms with Gasteiger partial charge >= 0.3 is 0 Å². The zero-order valence-electron chi connectivity index (χ0n) is 14.5. The molecular weight excluding hydrogens is 325 g/mol. The van der Waals surface area contributed by atoms with Gasteiger partial charge in [0.1, 0.15) is 5.82 Å². The van der Waals surface area contributed by atoms with Crippen LogP contribution < -0.4 is 0 Å². The summed E-state index contributed by atoms with van der Waals surface area (Å²) in [5, 5.41) is 0. The molecule has 0 fully saturated rings. The Labute approximate surface area is 152 Å². The Hall–Kier alpha value is -3.14. The highest BCUT2D eigenvalue weighted by Crippen LogP contribution is 2.22. The molecule has 4 heteroatoms. The van der Waals surface area contributed by atoms with Crippen molar-refractivity contribution in [2.24, 2.45) is 0 Å². The fourth-order valence-electron chi connectivity index (χ4n) is 3.28. The topological polar surface area (TPSA) is 21.1 Å². The number of benzene rings is 2. The van der Waals surface area contributed by atoms with E-state index in [1.54, 1.807) is 29.4 Å². The fourth-order valence-corrected chi connectivity index (χ4v) is 3.28. The molecule has 0 amide bonds. The number of nitrogens with zero attached hydrogens (tertiary/aromatic N) is 3. The van der Waals surface area contributed by atoms with E-state index in [1.165, 1.54) is 17.2 Å². The molecule has 26 heavy (non-hydrogen) atoms. The summed E-state index contributed by atoms with van der Waals surface area (Å²) in [6, 6.07) is 13.7. The van der Waals surface area contributed by atoms with E-state index < -0.39 is 0 Å². The molecule has 0 saturated heterocycles. The highest BCUT2D eigenvalue weighted by Gasteiger charge is 2.15.